The molecule has 0 fully saturated rings. The molecule has 0 heterocycles. The van der Waals surface area contributed by atoms with Crippen molar-refractivity contribution < 1.29 is 9.18 Å². The Morgan fingerprint density at radius 3 is 2.70 bits per heavy atom. The van der Waals surface area contributed by atoms with E-state index in [2.05, 4.69) is 21.2 Å². The van der Waals surface area contributed by atoms with Crippen LogP contribution in [0.25, 0.3) is 0 Å². The Hall–Kier alpha value is -1.68. The van der Waals surface area contributed by atoms with Crippen LogP contribution >= 0.6 is 15.9 Å². The van der Waals surface area contributed by atoms with Crippen LogP contribution in [0.3, 0.4) is 0 Å². The molecule has 20 heavy (non-hydrogen) atoms. The number of benzene rings is 2. The highest BCUT2D eigenvalue weighted by molar-refractivity contribution is 9.10. The number of hydrogen-bond acceptors (Lipinski definition) is 1. The van der Waals surface area contributed by atoms with Crippen molar-refractivity contribution >= 4 is 21.8 Å². The molecule has 1 N–H and O–H groups in total. The lowest BCUT2D eigenvalue weighted by Gasteiger charge is -2.09. The Bertz CT molecular complexity index is 655. The maximum Gasteiger partial charge on any atom is 0.251 e. The van der Waals surface area contributed by atoms with Gasteiger partial charge in [-0.15, -0.1) is 0 Å². The second-order valence-electron chi connectivity index (χ2n) is 4.68. The van der Waals surface area contributed by atoms with E-state index in [9.17, 15) is 9.18 Å². The van der Waals surface area contributed by atoms with E-state index in [-0.39, 0.29) is 11.7 Å². The lowest BCUT2D eigenvalue weighted by Crippen LogP contribution is -2.23. The zero-order valence-corrected chi connectivity index (χ0v) is 12.9. The van der Waals surface area contributed by atoms with Gasteiger partial charge in [0.15, 0.2) is 0 Å². The monoisotopic (exact) mass is 335 g/mol. The molecule has 0 aliphatic heterocycles. The summed E-state index contributed by atoms with van der Waals surface area (Å²) < 4.78 is 14.3. The van der Waals surface area contributed by atoms with Crippen LogP contribution in [0.2, 0.25) is 0 Å². The van der Waals surface area contributed by atoms with Crippen molar-refractivity contribution in [3.8, 4) is 0 Å². The number of nitrogens with one attached hydrogen (secondary N) is 1. The fraction of sp³-hybridized carbons (Fsp3) is 0.188. The van der Waals surface area contributed by atoms with E-state index in [4.69, 9.17) is 0 Å². The first-order chi connectivity index (χ1) is 9.49. The minimum absolute atomic E-state index is 0.162. The van der Waals surface area contributed by atoms with E-state index >= 15 is 0 Å². The quantitative estimate of drug-likeness (QED) is 0.897. The normalized spacial score (nSPS) is 10.4. The summed E-state index contributed by atoms with van der Waals surface area (Å²) in [4.78, 5) is 12.1. The zero-order chi connectivity index (χ0) is 14.7. The van der Waals surface area contributed by atoms with E-state index in [1.54, 1.807) is 19.1 Å². The standard InChI is InChI=1S/C16H15BrFNO/c1-10-6-7-12(8-15(10)18)9-19-16(20)13-4-3-5-14(17)11(13)2/h3-8H,9H2,1-2H3,(H,19,20). The van der Waals surface area contributed by atoms with Crippen LogP contribution < -0.4 is 5.32 Å². The molecule has 1 amide bonds. The fourth-order valence-corrected chi connectivity index (χ4v) is 2.24. The van der Waals surface area contributed by atoms with Gasteiger partial charge in [-0.1, -0.05) is 34.1 Å². The first-order valence-corrected chi connectivity index (χ1v) is 7.06. The molecule has 2 aromatic rings. The fourth-order valence-electron chi connectivity index (χ4n) is 1.88. The van der Waals surface area contributed by atoms with Crippen LogP contribution in [0, 0.1) is 19.7 Å². The summed E-state index contributed by atoms with van der Waals surface area (Å²) in [5.74, 6) is -0.417. The summed E-state index contributed by atoms with van der Waals surface area (Å²) in [7, 11) is 0. The van der Waals surface area contributed by atoms with Gasteiger partial charge in [-0.2, -0.15) is 0 Å². The summed E-state index contributed by atoms with van der Waals surface area (Å²) in [6.07, 6.45) is 0. The smallest absolute Gasteiger partial charge is 0.251 e. The molecule has 0 bridgehead atoms. The summed E-state index contributed by atoms with van der Waals surface area (Å²) >= 11 is 3.40. The molecule has 0 aromatic heterocycles. The number of rotatable bonds is 3. The average molecular weight is 336 g/mol. The van der Waals surface area contributed by atoms with Crippen LogP contribution in [-0.4, -0.2) is 5.91 Å². The van der Waals surface area contributed by atoms with Crippen molar-refractivity contribution in [2.45, 2.75) is 20.4 Å². The van der Waals surface area contributed by atoms with Crippen LogP contribution in [0.1, 0.15) is 27.0 Å². The summed E-state index contributed by atoms with van der Waals surface area (Å²) in [6, 6.07) is 10.4. The molecule has 104 valence electrons. The molecule has 2 nitrogen and oxygen atoms in total. The third kappa shape index (κ3) is 3.25. The average Bonchev–Trinajstić information content (AvgIpc) is 2.43. The molecule has 0 unspecified atom stereocenters. The zero-order valence-electron chi connectivity index (χ0n) is 11.3. The highest BCUT2D eigenvalue weighted by Crippen LogP contribution is 2.19. The Balaban J connectivity index is 2.08. The Morgan fingerprint density at radius 1 is 1.25 bits per heavy atom. The van der Waals surface area contributed by atoms with Gasteiger partial charge in [0.05, 0.1) is 0 Å². The maximum absolute atomic E-state index is 13.4. The molecule has 0 saturated carbocycles. The van der Waals surface area contributed by atoms with E-state index in [1.165, 1.54) is 6.07 Å². The van der Waals surface area contributed by atoms with Crippen molar-refractivity contribution in [2.75, 3.05) is 0 Å². The van der Waals surface area contributed by atoms with Crippen molar-refractivity contribution in [2.24, 2.45) is 0 Å². The number of halogens is 2. The predicted molar refractivity (Wildman–Crippen MR) is 81.2 cm³/mol. The van der Waals surface area contributed by atoms with Crippen LogP contribution in [-0.2, 0) is 6.54 Å². The summed E-state index contributed by atoms with van der Waals surface area (Å²) in [5, 5.41) is 2.80. The van der Waals surface area contributed by atoms with Gasteiger partial charge in [0.1, 0.15) is 5.82 Å². The minimum atomic E-state index is -0.254. The van der Waals surface area contributed by atoms with Crippen molar-refractivity contribution in [1.29, 1.82) is 0 Å². The van der Waals surface area contributed by atoms with Crippen molar-refractivity contribution in [1.82, 2.24) is 5.32 Å². The Kier molecular flexibility index (Phi) is 4.55. The van der Waals surface area contributed by atoms with Crippen LogP contribution in [0.5, 0.6) is 0 Å². The first kappa shape index (κ1) is 14.7. The van der Waals surface area contributed by atoms with Gasteiger partial charge >= 0.3 is 0 Å². The second kappa shape index (κ2) is 6.18. The highest BCUT2D eigenvalue weighted by Gasteiger charge is 2.10. The van der Waals surface area contributed by atoms with E-state index in [1.807, 2.05) is 25.1 Å². The molecule has 0 aliphatic rings. The Labute approximate surface area is 126 Å². The maximum atomic E-state index is 13.4. The molecular weight excluding hydrogens is 321 g/mol. The molecule has 0 radical (unpaired) electrons. The lowest BCUT2D eigenvalue weighted by atomic mass is 10.1. The topological polar surface area (TPSA) is 29.1 Å². The van der Waals surface area contributed by atoms with Crippen LogP contribution in [0.15, 0.2) is 40.9 Å². The number of aryl methyl sites for hydroxylation is 1. The number of amides is 1. The second-order valence-corrected chi connectivity index (χ2v) is 5.53. The third-order valence-electron chi connectivity index (χ3n) is 3.20. The molecule has 2 rings (SSSR count). The lowest BCUT2D eigenvalue weighted by molar-refractivity contribution is 0.0950. The summed E-state index contributed by atoms with van der Waals surface area (Å²) in [5.41, 5.74) is 2.85. The molecule has 2 aromatic carbocycles. The van der Waals surface area contributed by atoms with Gasteiger partial charge in [-0.05, 0) is 48.7 Å². The first-order valence-electron chi connectivity index (χ1n) is 6.27. The largest absolute Gasteiger partial charge is 0.348 e. The molecule has 4 heteroatoms. The van der Waals surface area contributed by atoms with E-state index in [0.717, 1.165) is 15.6 Å². The van der Waals surface area contributed by atoms with Crippen molar-refractivity contribution in [3.05, 3.63) is 68.9 Å². The van der Waals surface area contributed by atoms with Gasteiger partial charge in [0.25, 0.3) is 5.91 Å². The van der Waals surface area contributed by atoms with Gasteiger partial charge in [-0.3, -0.25) is 4.79 Å². The SMILES string of the molecule is Cc1ccc(CNC(=O)c2cccc(Br)c2C)cc1F. The van der Waals surface area contributed by atoms with Gasteiger partial charge in [0.2, 0.25) is 0 Å². The molecule has 0 atom stereocenters. The van der Waals surface area contributed by atoms with E-state index < -0.39 is 0 Å². The molecular formula is C16H15BrFNO. The molecule has 0 aliphatic carbocycles. The number of hydrogen-bond donors (Lipinski definition) is 1. The van der Waals surface area contributed by atoms with Crippen LogP contribution in [0.4, 0.5) is 4.39 Å². The number of carbonyl (C=O) groups is 1. The van der Waals surface area contributed by atoms with Gasteiger partial charge in [-0.25, -0.2) is 4.39 Å². The van der Waals surface area contributed by atoms with Gasteiger partial charge in [0, 0.05) is 16.6 Å². The van der Waals surface area contributed by atoms with E-state index in [0.29, 0.717) is 17.7 Å². The predicted octanol–water partition coefficient (Wildman–Crippen LogP) is 4.14. The molecule has 0 spiro atoms. The Morgan fingerprint density at radius 2 is 2.00 bits per heavy atom. The molecule has 0 saturated heterocycles. The third-order valence-corrected chi connectivity index (χ3v) is 4.06. The van der Waals surface area contributed by atoms with Crippen molar-refractivity contribution in [3.63, 3.8) is 0 Å². The summed E-state index contributed by atoms with van der Waals surface area (Å²) in [6.45, 7) is 3.90. The number of carbonyl (C=O) groups excluding carboxylic acids is 1. The highest BCUT2D eigenvalue weighted by atomic mass is 79.9. The minimum Gasteiger partial charge on any atom is -0.348 e. The van der Waals surface area contributed by atoms with Gasteiger partial charge < -0.3 is 5.32 Å².